The molecule has 100 valence electrons. The van der Waals surface area contributed by atoms with E-state index in [4.69, 9.17) is 5.73 Å². The fourth-order valence-electron chi connectivity index (χ4n) is 1.26. The molecule has 18 heavy (non-hydrogen) atoms. The summed E-state index contributed by atoms with van der Waals surface area (Å²) in [6.45, 7) is 9.00. The van der Waals surface area contributed by atoms with Crippen molar-refractivity contribution in [3.05, 3.63) is 41.7 Å². The highest BCUT2D eigenvalue weighted by molar-refractivity contribution is 14.0. The predicted molar refractivity (Wildman–Crippen MR) is 87.4 cm³/mol. The van der Waals surface area contributed by atoms with Crippen LogP contribution in [0.3, 0.4) is 0 Å². The van der Waals surface area contributed by atoms with Crippen molar-refractivity contribution in [2.75, 3.05) is 13.1 Å². The number of aryl methyl sites for hydroxylation is 1. The third-order valence-electron chi connectivity index (χ3n) is 2.21. The minimum atomic E-state index is 0. The van der Waals surface area contributed by atoms with E-state index in [9.17, 15) is 0 Å². The lowest BCUT2D eigenvalue weighted by Gasteiger charge is -2.05. The summed E-state index contributed by atoms with van der Waals surface area (Å²) in [7, 11) is 0. The van der Waals surface area contributed by atoms with Crippen LogP contribution in [0.15, 0.2) is 35.5 Å². The maximum absolute atomic E-state index is 5.69. The number of nitrogens with two attached hydrogens (primary N) is 1. The molecule has 1 aromatic heterocycles. The van der Waals surface area contributed by atoms with Crippen LogP contribution in [0.4, 0.5) is 0 Å². The molecule has 4 nitrogen and oxygen atoms in total. The van der Waals surface area contributed by atoms with Crippen molar-refractivity contribution in [1.82, 2.24) is 10.3 Å². The minimum absolute atomic E-state index is 0. The van der Waals surface area contributed by atoms with Crippen molar-refractivity contribution in [2.45, 2.75) is 20.3 Å². The number of aromatic nitrogens is 1. The molecule has 1 rings (SSSR count). The maximum atomic E-state index is 5.69. The molecule has 0 aliphatic carbocycles. The number of halogens is 1. The summed E-state index contributed by atoms with van der Waals surface area (Å²) in [4.78, 5) is 8.37. The molecule has 0 amide bonds. The molecule has 0 bridgehead atoms. The summed E-state index contributed by atoms with van der Waals surface area (Å²) in [6.07, 6.45) is 2.77. The van der Waals surface area contributed by atoms with E-state index in [2.05, 4.69) is 27.9 Å². The topological polar surface area (TPSA) is 63.3 Å². The molecule has 0 unspecified atom stereocenters. The van der Waals surface area contributed by atoms with Crippen LogP contribution in [0.5, 0.6) is 0 Å². The molecule has 0 aliphatic heterocycles. The van der Waals surface area contributed by atoms with E-state index >= 15 is 0 Å². The Hall–Kier alpha value is -1.11. The maximum Gasteiger partial charge on any atom is 0.188 e. The van der Waals surface area contributed by atoms with E-state index in [0.29, 0.717) is 12.5 Å². The Morgan fingerprint density at radius 1 is 1.50 bits per heavy atom. The third-order valence-corrected chi connectivity index (χ3v) is 2.21. The van der Waals surface area contributed by atoms with Gasteiger partial charge in [0.05, 0.1) is 6.54 Å². The molecule has 0 atom stereocenters. The largest absolute Gasteiger partial charge is 0.370 e. The first-order valence-corrected chi connectivity index (χ1v) is 5.67. The van der Waals surface area contributed by atoms with Crippen molar-refractivity contribution < 1.29 is 0 Å². The zero-order valence-electron chi connectivity index (χ0n) is 10.9. The summed E-state index contributed by atoms with van der Waals surface area (Å²) in [5, 5.41) is 3.06. The number of nitrogens with one attached hydrogen (secondary N) is 1. The predicted octanol–water partition coefficient (Wildman–Crippen LogP) is 2.03. The number of hydrogen-bond donors (Lipinski definition) is 2. The van der Waals surface area contributed by atoms with Crippen molar-refractivity contribution >= 4 is 29.9 Å². The van der Waals surface area contributed by atoms with Crippen LogP contribution in [0, 0.1) is 6.92 Å². The molecule has 0 saturated carbocycles. The molecular weight excluding hydrogens is 339 g/mol. The number of guanidine groups is 1. The SMILES string of the molecule is C=C(C)CN=C(N)NCCc1ccc(C)nc1.I. The van der Waals surface area contributed by atoms with Gasteiger partial charge in [0.25, 0.3) is 0 Å². The summed E-state index contributed by atoms with van der Waals surface area (Å²) < 4.78 is 0. The summed E-state index contributed by atoms with van der Waals surface area (Å²) in [6, 6.07) is 4.08. The fourth-order valence-corrected chi connectivity index (χ4v) is 1.26. The van der Waals surface area contributed by atoms with Gasteiger partial charge < -0.3 is 11.1 Å². The monoisotopic (exact) mass is 360 g/mol. The summed E-state index contributed by atoms with van der Waals surface area (Å²) >= 11 is 0. The molecule has 1 heterocycles. The molecule has 0 fully saturated rings. The van der Waals surface area contributed by atoms with Crippen molar-refractivity contribution in [2.24, 2.45) is 10.7 Å². The van der Waals surface area contributed by atoms with E-state index in [1.54, 1.807) is 0 Å². The minimum Gasteiger partial charge on any atom is -0.370 e. The first-order chi connectivity index (χ1) is 8.08. The van der Waals surface area contributed by atoms with Crippen LogP contribution in [0.1, 0.15) is 18.2 Å². The van der Waals surface area contributed by atoms with Gasteiger partial charge >= 0.3 is 0 Å². The zero-order valence-corrected chi connectivity index (χ0v) is 13.3. The molecule has 0 aromatic carbocycles. The van der Waals surface area contributed by atoms with Crippen LogP contribution in [0.25, 0.3) is 0 Å². The normalized spacial score (nSPS) is 10.7. The number of pyridine rings is 1. The van der Waals surface area contributed by atoms with E-state index in [1.807, 2.05) is 26.1 Å². The highest BCUT2D eigenvalue weighted by atomic mass is 127. The molecule has 5 heteroatoms. The van der Waals surface area contributed by atoms with E-state index in [1.165, 1.54) is 5.56 Å². The Labute approximate surface area is 126 Å². The molecular formula is C13H21IN4. The Morgan fingerprint density at radius 2 is 2.22 bits per heavy atom. The van der Waals surface area contributed by atoms with E-state index in [-0.39, 0.29) is 24.0 Å². The average Bonchev–Trinajstić information content (AvgIpc) is 2.29. The van der Waals surface area contributed by atoms with E-state index in [0.717, 1.165) is 24.2 Å². The second-order valence-corrected chi connectivity index (χ2v) is 4.14. The number of rotatable bonds is 5. The van der Waals surface area contributed by atoms with Crippen LogP contribution in [-0.4, -0.2) is 24.0 Å². The zero-order chi connectivity index (χ0) is 12.7. The first-order valence-electron chi connectivity index (χ1n) is 5.67. The van der Waals surface area contributed by atoms with Gasteiger partial charge in [-0.25, -0.2) is 4.99 Å². The lowest BCUT2D eigenvalue weighted by molar-refractivity contribution is 0.847. The lowest BCUT2D eigenvalue weighted by Crippen LogP contribution is -2.33. The standard InChI is InChI=1S/C13H20N4.HI/c1-10(2)8-17-13(14)15-7-6-12-5-4-11(3)16-9-12;/h4-5,9H,1,6-8H2,2-3H3,(H3,14,15,17);1H. The Kier molecular flexibility index (Phi) is 8.36. The second kappa shape index (κ2) is 8.91. The third kappa shape index (κ3) is 7.26. The van der Waals surface area contributed by atoms with Crippen LogP contribution >= 0.6 is 24.0 Å². The fraction of sp³-hybridized carbons (Fsp3) is 0.385. The smallest absolute Gasteiger partial charge is 0.188 e. The molecule has 0 radical (unpaired) electrons. The summed E-state index contributed by atoms with van der Waals surface area (Å²) in [5.41, 5.74) is 8.91. The molecule has 0 spiro atoms. The number of aliphatic imine (C=N–C) groups is 1. The van der Waals surface area contributed by atoms with E-state index < -0.39 is 0 Å². The van der Waals surface area contributed by atoms with Crippen molar-refractivity contribution in [3.63, 3.8) is 0 Å². The van der Waals surface area contributed by atoms with Gasteiger partial charge in [0.15, 0.2) is 5.96 Å². The van der Waals surface area contributed by atoms with Gasteiger partial charge in [0.2, 0.25) is 0 Å². The second-order valence-electron chi connectivity index (χ2n) is 4.14. The molecule has 1 aromatic rings. The average molecular weight is 360 g/mol. The van der Waals surface area contributed by atoms with Crippen LogP contribution in [0.2, 0.25) is 0 Å². The van der Waals surface area contributed by atoms with Crippen LogP contribution < -0.4 is 11.1 Å². The highest BCUT2D eigenvalue weighted by Gasteiger charge is 1.95. The van der Waals surface area contributed by atoms with Crippen molar-refractivity contribution in [1.29, 1.82) is 0 Å². The Morgan fingerprint density at radius 3 is 2.78 bits per heavy atom. The highest BCUT2D eigenvalue weighted by Crippen LogP contribution is 1.99. The van der Waals surface area contributed by atoms with Crippen molar-refractivity contribution in [3.8, 4) is 0 Å². The first kappa shape index (κ1) is 16.9. The van der Waals surface area contributed by atoms with Gasteiger partial charge in [-0.3, -0.25) is 4.98 Å². The molecule has 0 aliphatic rings. The Balaban J connectivity index is 0.00000289. The van der Waals surface area contributed by atoms with Gasteiger partial charge in [0.1, 0.15) is 0 Å². The molecule has 3 N–H and O–H groups in total. The van der Waals surface area contributed by atoms with Gasteiger partial charge in [-0.2, -0.15) is 0 Å². The molecule has 0 saturated heterocycles. The van der Waals surface area contributed by atoms with Crippen LogP contribution in [-0.2, 0) is 6.42 Å². The number of nitrogens with zero attached hydrogens (tertiary/aromatic N) is 2. The van der Waals surface area contributed by atoms with Gasteiger partial charge in [-0.1, -0.05) is 18.2 Å². The van der Waals surface area contributed by atoms with Gasteiger partial charge in [0, 0.05) is 18.4 Å². The summed E-state index contributed by atoms with van der Waals surface area (Å²) in [5.74, 6) is 0.466. The Bertz CT molecular complexity index is 398. The van der Waals surface area contributed by atoms with Gasteiger partial charge in [-0.05, 0) is 31.9 Å². The van der Waals surface area contributed by atoms with Gasteiger partial charge in [-0.15, -0.1) is 24.0 Å². The lowest BCUT2D eigenvalue weighted by atomic mass is 10.2. The number of hydrogen-bond acceptors (Lipinski definition) is 2. The quantitative estimate of drug-likeness (QED) is 0.366.